The van der Waals surface area contributed by atoms with Crippen molar-refractivity contribution in [2.24, 2.45) is 0 Å². The molecule has 3 nitrogen and oxygen atoms in total. The number of pyridine rings is 1. The normalized spacial score (nSPS) is 12.2. The number of hydrogen-bond donors (Lipinski definition) is 1. The summed E-state index contributed by atoms with van der Waals surface area (Å²) in [6.45, 7) is 17.3. The quantitative estimate of drug-likeness (QED) is 0.773. The maximum Gasteiger partial charge on any atom is 0.0548 e. The van der Waals surface area contributed by atoms with Gasteiger partial charge in [0.05, 0.1) is 11.4 Å². The summed E-state index contributed by atoms with van der Waals surface area (Å²) >= 11 is 0. The van der Waals surface area contributed by atoms with E-state index in [4.69, 9.17) is 4.98 Å². The van der Waals surface area contributed by atoms with Gasteiger partial charge in [0.25, 0.3) is 0 Å². The van der Waals surface area contributed by atoms with Gasteiger partial charge in [0.15, 0.2) is 0 Å². The molecule has 0 radical (unpaired) electrons. The summed E-state index contributed by atoms with van der Waals surface area (Å²) in [5.41, 5.74) is 2.33. The monoisotopic (exact) mass is 275 g/mol. The first-order chi connectivity index (χ1) is 9.31. The van der Waals surface area contributed by atoms with Gasteiger partial charge in [-0.25, -0.2) is 0 Å². The van der Waals surface area contributed by atoms with Crippen LogP contribution >= 0.6 is 0 Å². The average molecular weight is 275 g/mol. The highest BCUT2D eigenvalue weighted by atomic mass is 15.1. The van der Waals surface area contributed by atoms with Crippen LogP contribution in [0.25, 0.3) is 0 Å². The predicted molar refractivity (Wildman–Crippen MR) is 86.6 cm³/mol. The van der Waals surface area contributed by atoms with Crippen LogP contribution in [0.3, 0.4) is 0 Å². The van der Waals surface area contributed by atoms with Gasteiger partial charge in [-0.3, -0.25) is 9.88 Å². The molecule has 1 heterocycles. The van der Waals surface area contributed by atoms with Crippen molar-refractivity contribution in [3.05, 3.63) is 42.2 Å². The molecule has 0 spiro atoms. The Morgan fingerprint density at radius 1 is 1.30 bits per heavy atom. The van der Waals surface area contributed by atoms with E-state index >= 15 is 0 Å². The standard InChI is InChI=1S/C17H29N3/c1-7-11-20(14(2)3)13-16-10-8-9-15(19-16)12-18-17(4,5)6/h7-10,14,18H,1,11-13H2,2-6H3. The van der Waals surface area contributed by atoms with E-state index in [1.165, 1.54) is 0 Å². The molecule has 3 heteroatoms. The van der Waals surface area contributed by atoms with Gasteiger partial charge < -0.3 is 5.32 Å². The fraction of sp³-hybridized carbons (Fsp3) is 0.588. The zero-order valence-electron chi connectivity index (χ0n) is 13.6. The van der Waals surface area contributed by atoms with Crippen LogP contribution in [0.4, 0.5) is 0 Å². The van der Waals surface area contributed by atoms with Crippen molar-refractivity contribution in [3.8, 4) is 0 Å². The van der Waals surface area contributed by atoms with E-state index in [9.17, 15) is 0 Å². The molecule has 1 aromatic heterocycles. The molecule has 0 aliphatic heterocycles. The molecule has 0 aliphatic carbocycles. The van der Waals surface area contributed by atoms with Crippen LogP contribution in [0.5, 0.6) is 0 Å². The van der Waals surface area contributed by atoms with E-state index < -0.39 is 0 Å². The number of nitrogens with zero attached hydrogens (tertiary/aromatic N) is 2. The molecule has 0 fully saturated rings. The number of aromatic nitrogens is 1. The summed E-state index contributed by atoms with van der Waals surface area (Å²) in [7, 11) is 0. The second kappa shape index (κ2) is 7.55. The molecule has 1 aromatic rings. The second-order valence-corrected chi connectivity index (χ2v) is 6.54. The zero-order valence-corrected chi connectivity index (χ0v) is 13.6. The number of rotatable bonds is 7. The highest BCUT2D eigenvalue weighted by Gasteiger charge is 2.11. The van der Waals surface area contributed by atoms with E-state index in [2.05, 4.69) is 69.6 Å². The van der Waals surface area contributed by atoms with Crippen LogP contribution in [0, 0.1) is 0 Å². The molecule has 0 aromatic carbocycles. The van der Waals surface area contributed by atoms with E-state index in [-0.39, 0.29) is 5.54 Å². The summed E-state index contributed by atoms with van der Waals surface area (Å²) < 4.78 is 0. The second-order valence-electron chi connectivity index (χ2n) is 6.54. The third kappa shape index (κ3) is 6.31. The highest BCUT2D eigenvalue weighted by Crippen LogP contribution is 2.08. The lowest BCUT2D eigenvalue weighted by atomic mass is 10.1. The largest absolute Gasteiger partial charge is 0.306 e. The van der Waals surface area contributed by atoms with Crippen LogP contribution in [-0.4, -0.2) is 28.0 Å². The maximum absolute atomic E-state index is 4.74. The van der Waals surface area contributed by atoms with Crippen molar-refractivity contribution < 1.29 is 0 Å². The van der Waals surface area contributed by atoms with Gasteiger partial charge in [-0.1, -0.05) is 12.1 Å². The predicted octanol–water partition coefficient (Wildman–Crippen LogP) is 3.37. The van der Waals surface area contributed by atoms with Crippen molar-refractivity contribution in [2.75, 3.05) is 6.54 Å². The lowest BCUT2D eigenvalue weighted by molar-refractivity contribution is 0.234. The van der Waals surface area contributed by atoms with Crippen molar-refractivity contribution in [1.82, 2.24) is 15.2 Å². The van der Waals surface area contributed by atoms with Gasteiger partial charge in [0.1, 0.15) is 0 Å². The van der Waals surface area contributed by atoms with Crippen molar-refractivity contribution >= 4 is 0 Å². The summed E-state index contributed by atoms with van der Waals surface area (Å²) in [6.07, 6.45) is 1.95. The van der Waals surface area contributed by atoms with Crippen LogP contribution in [0.1, 0.15) is 46.0 Å². The minimum atomic E-state index is 0.116. The Labute approximate surface area is 124 Å². The summed E-state index contributed by atoms with van der Waals surface area (Å²) in [4.78, 5) is 7.10. The molecule has 20 heavy (non-hydrogen) atoms. The molecule has 0 saturated carbocycles. The summed E-state index contributed by atoms with van der Waals surface area (Å²) in [5.74, 6) is 0. The molecule has 0 saturated heterocycles. The van der Waals surface area contributed by atoms with Gasteiger partial charge in [0.2, 0.25) is 0 Å². The fourth-order valence-corrected chi connectivity index (χ4v) is 1.90. The molecule has 0 atom stereocenters. The van der Waals surface area contributed by atoms with Crippen LogP contribution in [0.2, 0.25) is 0 Å². The Morgan fingerprint density at radius 3 is 2.50 bits per heavy atom. The van der Waals surface area contributed by atoms with Crippen molar-refractivity contribution in [3.63, 3.8) is 0 Å². The van der Waals surface area contributed by atoms with E-state index in [0.29, 0.717) is 6.04 Å². The molecule has 0 bridgehead atoms. The molecule has 0 aliphatic rings. The van der Waals surface area contributed by atoms with Crippen LogP contribution in [-0.2, 0) is 13.1 Å². The summed E-state index contributed by atoms with van der Waals surface area (Å²) in [5, 5.41) is 3.47. The average Bonchev–Trinajstić information content (AvgIpc) is 2.35. The molecule has 1 N–H and O–H groups in total. The smallest absolute Gasteiger partial charge is 0.0548 e. The fourth-order valence-electron chi connectivity index (χ4n) is 1.90. The zero-order chi connectivity index (χ0) is 15.2. The highest BCUT2D eigenvalue weighted by molar-refractivity contribution is 5.11. The molecule has 0 unspecified atom stereocenters. The van der Waals surface area contributed by atoms with Gasteiger partial charge in [-0.15, -0.1) is 6.58 Å². The van der Waals surface area contributed by atoms with Crippen LogP contribution < -0.4 is 5.32 Å². The lowest BCUT2D eigenvalue weighted by Crippen LogP contribution is -2.35. The minimum Gasteiger partial charge on any atom is -0.306 e. The van der Waals surface area contributed by atoms with Gasteiger partial charge in [-0.05, 0) is 46.8 Å². The molecule has 0 amide bonds. The first-order valence-corrected chi connectivity index (χ1v) is 7.36. The maximum atomic E-state index is 4.74. The first-order valence-electron chi connectivity index (χ1n) is 7.36. The van der Waals surface area contributed by atoms with Gasteiger partial charge in [0, 0.05) is 31.2 Å². The SMILES string of the molecule is C=CCN(Cc1cccc(CNC(C)(C)C)n1)C(C)C. The molecule has 112 valence electrons. The third-order valence-corrected chi connectivity index (χ3v) is 3.12. The van der Waals surface area contributed by atoms with E-state index in [1.807, 2.05) is 6.08 Å². The number of hydrogen-bond acceptors (Lipinski definition) is 3. The molecular formula is C17H29N3. The van der Waals surface area contributed by atoms with E-state index in [0.717, 1.165) is 31.0 Å². The Kier molecular flexibility index (Phi) is 6.37. The van der Waals surface area contributed by atoms with Gasteiger partial charge >= 0.3 is 0 Å². The topological polar surface area (TPSA) is 28.2 Å². The van der Waals surface area contributed by atoms with Crippen molar-refractivity contribution in [2.45, 2.75) is 59.3 Å². The Bertz CT molecular complexity index is 418. The van der Waals surface area contributed by atoms with Crippen LogP contribution in [0.15, 0.2) is 30.9 Å². The van der Waals surface area contributed by atoms with Crippen molar-refractivity contribution in [1.29, 1.82) is 0 Å². The molecular weight excluding hydrogens is 246 g/mol. The lowest BCUT2D eigenvalue weighted by Gasteiger charge is -2.25. The number of nitrogens with one attached hydrogen (secondary N) is 1. The Hall–Kier alpha value is -1.19. The van der Waals surface area contributed by atoms with E-state index in [1.54, 1.807) is 0 Å². The third-order valence-electron chi connectivity index (χ3n) is 3.12. The molecule has 1 rings (SSSR count). The summed E-state index contributed by atoms with van der Waals surface area (Å²) in [6, 6.07) is 6.76. The van der Waals surface area contributed by atoms with Gasteiger partial charge in [-0.2, -0.15) is 0 Å². The minimum absolute atomic E-state index is 0.116. The first kappa shape index (κ1) is 16.9. The Morgan fingerprint density at radius 2 is 1.95 bits per heavy atom. The Balaban J connectivity index is 2.69.